The Kier molecular flexibility index (Phi) is 3.06. The van der Waals surface area contributed by atoms with Gasteiger partial charge in [0.15, 0.2) is 0 Å². The van der Waals surface area contributed by atoms with E-state index in [2.05, 4.69) is 16.5 Å². The molecule has 0 spiro atoms. The van der Waals surface area contributed by atoms with E-state index in [-0.39, 0.29) is 0 Å². The van der Waals surface area contributed by atoms with Crippen LogP contribution < -0.4 is 0 Å². The topological polar surface area (TPSA) is 35.0 Å². The van der Waals surface area contributed by atoms with E-state index in [1.54, 1.807) is 12.3 Å². The first-order chi connectivity index (χ1) is 7.70. The highest BCUT2D eigenvalue weighted by Gasteiger charge is 2.03. The van der Waals surface area contributed by atoms with Gasteiger partial charge in [-0.3, -0.25) is 0 Å². The maximum Gasteiger partial charge on any atom is 0.137 e. The highest BCUT2D eigenvalue weighted by atomic mass is 35.5. The van der Waals surface area contributed by atoms with E-state index in [0.717, 1.165) is 16.6 Å². The maximum atomic E-state index is 5.81. The number of aromatic nitrogens is 2. The fourth-order valence-corrected chi connectivity index (χ4v) is 1.55. The molecule has 82 valence electrons. The van der Waals surface area contributed by atoms with Crippen molar-refractivity contribution in [1.82, 2.24) is 9.97 Å². The summed E-state index contributed by atoms with van der Waals surface area (Å²) in [6.07, 6.45) is 1.69. The minimum absolute atomic E-state index is 0.430. The summed E-state index contributed by atoms with van der Waals surface area (Å²) in [5, 5.41) is 1.37. The van der Waals surface area contributed by atoms with Crippen molar-refractivity contribution in [3.05, 3.63) is 41.8 Å². The second-order valence-corrected chi connectivity index (χ2v) is 3.64. The van der Waals surface area contributed by atoms with Gasteiger partial charge in [0, 0.05) is 17.6 Å². The number of pyridine rings is 2. The lowest BCUT2D eigenvalue weighted by Crippen LogP contribution is -1.94. The molecule has 2 rings (SSSR count). The molecular formula is C12H11ClN2O. The van der Waals surface area contributed by atoms with Gasteiger partial charge in [0.05, 0.1) is 12.1 Å². The first-order valence-corrected chi connectivity index (χ1v) is 5.33. The highest BCUT2D eigenvalue weighted by Crippen LogP contribution is 2.18. The normalized spacial score (nSPS) is 10.4. The van der Waals surface area contributed by atoms with E-state index in [9.17, 15) is 0 Å². The monoisotopic (exact) mass is 234 g/mol. The molecule has 0 saturated heterocycles. The van der Waals surface area contributed by atoms with Crippen molar-refractivity contribution >= 4 is 28.3 Å². The van der Waals surface area contributed by atoms with E-state index in [0.29, 0.717) is 17.5 Å². The lowest BCUT2D eigenvalue weighted by atomic mass is 10.2. The van der Waals surface area contributed by atoms with E-state index in [1.165, 1.54) is 0 Å². The van der Waals surface area contributed by atoms with Crippen LogP contribution in [0, 0.1) is 0 Å². The van der Waals surface area contributed by atoms with Crippen molar-refractivity contribution in [3.63, 3.8) is 0 Å². The van der Waals surface area contributed by atoms with Crippen molar-refractivity contribution in [1.29, 1.82) is 0 Å². The Morgan fingerprint density at radius 2 is 2.31 bits per heavy atom. The van der Waals surface area contributed by atoms with Gasteiger partial charge in [0.1, 0.15) is 16.6 Å². The van der Waals surface area contributed by atoms with Crippen LogP contribution >= 0.6 is 11.6 Å². The van der Waals surface area contributed by atoms with Gasteiger partial charge in [-0.15, -0.1) is 0 Å². The summed E-state index contributed by atoms with van der Waals surface area (Å²) in [5.41, 5.74) is 1.51. The molecule has 16 heavy (non-hydrogen) atoms. The summed E-state index contributed by atoms with van der Waals surface area (Å²) in [6.45, 7) is 6.30. The number of rotatable bonds is 3. The number of ether oxygens (including phenoxy) is 1. The predicted octanol–water partition coefficient (Wildman–Crippen LogP) is 3.29. The fraction of sp³-hybridized carbons (Fsp3) is 0.167. The molecule has 0 aromatic carbocycles. The second-order valence-electron chi connectivity index (χ2n) is 3.25. The van der Waals surface area contributed by atoms with Crippen LogP contribution in [-0.2, 0) is 4.74 Å². The SMILES string of the molecule is C=C(OCC)c1ccc2cnc(Cl)cc2n1. The van der Waals surface area contributed by atoms with Crippen molar-refractivity contribution < 1.29 is 4.74 Å². The van der Waals surface area contributed by atoms with Crippen molar-refractivity contribution in [2.24, 2.45) is 0 Å². The van der Waals surface area contributed by atoms with Crippen LogP contribution in [0.4, 0.5) is 0 Å². The zero-order valence-corrected chi connectivity index (χ0v) is 9.66. The Morgan fingerprint density at radius 1 is 1.50 bits per heavy atom. The summed E-state index contributed by atoms with van der Waals surface area (Å²) in [5.74, 6) is 0.567. The van der Waals surface area contributed by atoms with Gasteiger partial charge in [-0.2, -0.15) is 0 Å². The van der Waals surface area contributed by atoms with Gasteiger partial charge in [-0.05, 0) is 19.1 Å². The van der Waals surface area contributed by atoms with Crippen LogP contribution in [0.25, 0.3) is 16.7 Å². The Balaban J connectivity index is 2.46. The number of halogens is 1. The zero-order chi connectivity index (χ0) is 11.5. The largest absolute Gasteiger partial charge is 0.492 e. The Bertz CT molecular complexity index is 540. The summed E-state index contributed by atoms with van der Waals surface area (Å²) in [7, 11) is 0. The van der Waals surface area contributed by atoms with Crippen molar-refractivity contribution in [2.75, 3.05) is 6.61 Å². The van der Waals surface area contributed by atoms with Crippen LogP contribution in [0.1, 0.15) is 12.6 Å². The zero-order valence-electron chi connectivity index (χ0n) is 8.90. The molecule has 3 nitrogen and oxygen atoms in total. The summed E-state index contributed by atoms with van der Waals surface area (Å²) >= 11 is 5.81. The van der Waals surface area contributed by atoms with E-state index >= 15 is 0 Å². The quantitative estimate of drug-likeness (QED) is 0.604. The number of fused-ring (bicyclic) bond motifs is 1. The molecule has 0 bridgehead atoms. The number of hydrogen-bond acceptors (Lipinski definition) is 3. The molecule has 4 heteroatoms. The van der Waals surface area contributed by atoms with E-state index in [4.69, 9.17) is 16.3 Å². The second kappa shape index (κ2) is 4.49. The average Bonchev–Trinajstić information content (AvgIpc) is 2.28. The molecule has 2 heterocycles. The van der Waals surface area contributed by atoms with Crippen molar-refractivity contribution in [3.8, 4) is 0 Å². The molecule has 0 aliphatic heterocycles. The van der Waals surface area contributed by atoms with Gasteiger partial charge in [-0.25, -0.2) is 9.97 Å². The Hall–Kier alpha value is -1.61. The molecule has 0 radical (unpaired) electrons. The maximum absolute atomic E-state index is 5.81. The van der Waals surface area contributed by atoms with E-state index < -0.39 is 0 Å². The molecule has 0 fully saturated rings. The van der Waals surface area contributed by atoms with Gasteiger partial charge in [-0.1, -0.05) is 18.2 Å². The van der Waals surface area contributed by atoms with Crippen LogP contribution in [0.2, 0.25) is 5.15 Å². The molecule has 2 aromatic heterocycles. The first kappa shape index (κ1) is 10.9. The van der Waals surface area contributed by atoms with Crippen LogP contribution in [-0.4, -0.2) is 16.6 Å². The third-order valence-corrected chi connectivity index (χ3v) is 2.35. The number of hydrogen-bond donors (Lipinski definition) is 0. The first-order valence-electron chi connectivity index (χ1n) is 4.95. The molecule has 0 N–H and O–H groups in total. The Morgan fingerprint density at radius 3 is 3.06 bits per heavy atom. The van der Waals surface area contributed by atoms with E-state index in [1.807, 2.05) is 19.1 Å². The molecule has 0 unspecified atom stereocenters. The molecule has 0 amide bonds. The predicted molar refractivity (Wildman–Crippen MR) is 65.2 cm³/mol. The van der Waals surface area contributed by atoms with Crippen LogP contribution in [0.5, 0.6) is 0 Å². The molecule has 0 saturated carbocycles. The molecular weight excluding hydrogens is 224 g/mol. The Labute approximate surface area is 98.7 Å². The summed E-state index contributed by atoms with van der Waals surface area (Å²) in [6, 6.07) is 5.50. The molecule has 0 aliphatic carbocycles. The molecule has 2 aromatic rings. The average molecular weight is 235 g/mol. The smallest absolute Gasteiger partial charge is 0.137 e. The fourth-order valence-electron chi connectivity index (χ4n) is 1.40. The van der Waals surface area contributed by atoms with Gasteiger partial charge < -0.3 is 4.74 Å². The highest BCUT2D eigenvalue weighted by molar-refractivity contribution is 6.29. The summed E-state index contributed by atoms with van der Waals surface area (Å²) < 4.78 is 5.30. The van der Waals surface area contributed by atoms with Crippen molar-refractivity contribution in [2.45, 2.75) is 6.92 Å². The molecule has 0 atom stereocenters. The van der Waals surface area contributed by atoms with Gasteiger partial charge >= 0.3 is 0 Å². The third kappa shape index (κ3) is 2.14. The number of nitrogens with zero attached hydrogens (tertiary/aromatic N) is 2. The van der Waals surface area contributed by atoms with Crippen LogP contribution in [0.3, 0.4) is 0 Å². The minimum Gasteiger partial charge on any atom is -0.492 e. The lowest BCUT2D eigenvalue weighted by Gasteiger charge is -2.06. The molecule has 0 aliphatic rings. The van der Waals surface area contributed by atoms with Crippen LogP contribution in [0.15, 0.2) is 31.0 Å². The third-order valence-electron chi connectivity index (χ3n) is 2.14. The standard InChI is InChI=1S/C12H11ClN2O/c1-3-16-8(2)10-5-4-9-7-14-12(13)6-11(9)15-10/h4-7H,2-3H2,1H3. The lowest BCUT2D eigenvalue weighted by molar-refractivity contribution is 0.298. The summed E-state index contributed by atoms with van der Waals surface area (Å²) in [4.78, 5) is 8.40. The minimum atomic E-state index is 0.430. The van der Waals surface area contributed by atoms with Gasteiger partial charge in [0.25, 0.3) is 0 Å². The van der Waals surface area contributed by atoms with Gasteiger partial charge in [0.2, 0.25) is 0 Å².